The maximum atomic E-state index is 12.2. The Morgan fingerprint density at radius 3 is 2.56 bits per heavy atom. The monoisotopic (exact) mass is 366 g/mol. The molecule has 0 atom stereocenters. The summed E-state index contributed by atoms with van der Waals surface area (Å²) in [6.07, 6.45) is -0.0377. The fraction of sp³-hybridized carbons (Fsp3) is 0.200. The molecule has 0 unspecified atom stereocenters. The second-order valence-corrected chi connectivity index (χ2v) is 5.79. The number of hydrogen-bond acceptors (Lipinski definition) is 7. The molecule has 138 valence electrons. The molecule has 27 heavy (non-hydrogen) atoms. The normalized spacial score (nSPS) is 10.4. The van der Waals surface area contributed by atoms with Crippen LogP contribution in [0.3, 0.4) is 0 Å². The minimum atomic E-state index is -0.492. The lowest BCUT2D eigenvalue weighted by Crippen LogP contribution is -2.10. The predicted molar refractivity (Wildman–Crippen MR) is 96.2 cm³/mol. The summed E-state index contributed by atoms with van der Waals surface area (Å²) in [7, 11) is 1.50. The second kappa shape index (κ2) is 8.27. The fourth-order valence-electron chi connectivity index (χ4n) is 2.49. The average Bonchev–Trinajstić information content (AvgIpc) is 3.16. The van der Waals surface area contributed by atoms with Crippen LogP contribution in [0.15, 0.2) is 52.9 Å². The van der Waals surface area contributed by atoms with Gasteiger partial charge < -0.3 is 13.9 Å². The van der Waals surface area contributed by atoms with Crippen molar-refractivity contribution in [3.8, 4) is 17.2 Å². The molecule has 1 heterocycles. The van der Waals surface area contributed by atoms with Crippen molar-refractivity contribution in [3.63, 3.8) is 0 Å². The third kappa shape index (κ3) is 4.58. The Bertz CT molecular complexity index is 950. The summed E-state index contributed by atoms with van der Waals surface area (Å²) in [6, 6.07) is 14.2. The Kier molecular flexibility index (Phi) is 5.61. The molecule has 0 aliphatic heterocycles. The molecule has 0 aliphatic carbocycles. The first-order valence-corrected chi connectivity index (χ1v) is 8.28. The van der Waals surface area contributed by atoms with Crippen molar-refractivity contribution < 1.29 is 23.5 Å². The van der Waals surface area contributed by atoms with E-state index in [0.29, 0.717) is 22.8 Å². The van der Waals surface area contributed by atoms with Crippen molar-refractivity contribution in [3.05, 3.63) is 65.5 Å². The van der Waals surface area contributed by atoms with Gasteiger partial charge in [0.1, 0.15) is 5.75 Å². The van der Waals surface area contributed by atoms with Crippen molar-refractivity contribution in [1.29, 1.82) is 0 Å². The standard InChI is InChI=1S/C20H18N2O5/c1-13(23)15-8-9-17(25-2)16(10-15)11-19(24)26-12-18-21-22-20(27-18)14-6-4-3-5-7-14/h3-10H,11-12H2,1-2H3. The number of rotatable bonds is 7. The first-order chi connectivity index (χ1) is 13.1. The molecule has 0 N–H and O–H groups in total. The summed E-state index contributed by atoms with van der Waals surface area (Å²) < 4.78 is 15.9. The van der Waals surface area contributed by atoms with Crippen LogP contribution in [-0.2, 0) is 22.6 Å². The summed E-state index contributed by atoms with van der Waals surface area (Å²) in [4.78, 5) is 23.7. The molecule has 0 saturated carbocycles. The third-order valence-electron chi connectivity index (χ3n) is 3.87. The lowest BCUT2D eigenvalue weighted by atomic mass is 10.0. The number of benzene rings is 2. The van der Waals surface area contributed by atoms with E-state index in [0.717, 1.165) is 5.56 Å². The topological polar surface area (TPSA) is 91.5 Å². The molecule has 0 bridgehead atoms. The number of aromatic nitrogens is 2. The molecular formula is C20H18N2O5. The Labute approximate surface area is 155 Å². The van der Waals surface area contributed by atoms with Gasteiger partial charge in [-0.25, -0.2) is 0 Å². The number of ketones is 1. The van der Waals surface area contributed by atoms with Crippen LogP contribution in [0.25, 0.3) is 11.5 Å². The van der Waals surface area contributed by atoms with E-state index in [1.54, 1.807) is 18.2 Å². The van der Waals surface area contributed by atoms with E-state index in [2.05, 4.69) is 10.2 Å². The summed E-state index contributed by atoms with van der Waals surface area (Å²) in [6.45, 7) is 1.33. The van der Waals surface area contributed by atoms with E-state index < -0.39 is 5.97 Å². The Morgan fingerprint density at radius 2 is 1.85 bits per heavy atom. The molecule has 2 aromatic carbocycles. The van der Waals surface area contributed by atoms with Crippen molar-refractivity contribution in [1.82, 2.24) is 10.2 Å². The zero-order valence-electron chi connectivity index (χ0n) is 15.0. The van der Waals surface area contributed by atoms with Gasteiger partial charge in [0.2, 0.25) is 5.89 Å². The Hall–Kier alpha value is -3.48. The van der Waals surface area contributed by atoms with Crippen molar-refractivity contribution in [2.45, 2.75) is 20.0 Å². The van der Waals surface area contributed by atoms with E-state index >= 15 is 0 Å². The number of methoxy groups -OCH3 is 1. The first-order valence-electron chi connectivity index (χ1n) is 8.28. The van der Waals surface area contributed by atoms with E-state index in [1.165, 1.54) is 14.0 Å². The SMILES string of the molecule is COc1ccc(C(C)=O)cc1CC(=O)OCc1nnc(-c2ccccc2)o1. The molecule has 3 rings (SSSR count). The smallest absolute Gasteiger partial charge is 0.310 e. The van der Waals surface area contributed by atoms with E-state index in [9.17, 15) is 9.59 Å². The van der Waals surface area contributed by atoms with E-state index in [-0.39, 0.29) is 24.7 Å². The van der Waals surface area contributed by atoms with Crippen LogP contribution in [0.5, 0.6) is 5.75 Å². The minimum absolute atomic E-state index is 0.0377. The van der Waals surface area contributed by atoms with Gasteiger partial charge in [0.05, 0.1) is 13.5 Å². The zero-order chi connectivity index (χ0) is 19.2. The summed E-state index contributed by atoms with van der Waals surface area (Å²) >= 11 is 0. The van der Waals surface area contributed by atoms with Gasteiger partial charge in [-0.3, -0.25) is 9.59 Å². The number of ether oxygens (including phenoxy) is 2. The molecule has 0 radical (unpaired) electrons. The van der Waals surface area contributed by atoms with Crippen LogP contribution in [0.4, 0.5) is 0 Å². The van der Waals surface area contributed by atoms with Crippen molar-refractivity contribution >= 4 is 11.8 Å². The van der Waals surface area contributed by atoms with Crippen LogP contribution in [0, 0.1) is 0 Å². The molecule has 3 aromatic rings. The van der Waals surface area contributed by atoms with Gasteiger partial charge in [0.15, 0.2) is 12.4 Å². The summed E-state index contributed by atoms with van der Waals surface area (Å²) in [5.41, 5.74) is 1.86. The third-order valence-corrected chi connectivity index (χ3v) is 3.87. The number of carbonyl (C=O) groups excluding carboxylic acids is 2. The first kappa shape index (κ1) is 18.3. The van der Waals surface area contributed by atoms with Crippen molar-refractivity contribution in [2.24, 2.45) is 0 Å². The van der Waals surface area contributed by atoms with Crippen molar-refractivity contribution in [2.75, 3.05) is 7.11 Å². The molecule has 0 saturated heterocycles. The quantitative estimate of drug-likeness (QED) is 0.468. The fourth-order valence-corrected chi connectivity index (χ4v) is 2.49. The predicted octanol–water partition coefficient (Wildman–Crippen LogP) is 3.23. The summed E-state index contributed by atoms with van der Waals surface area (Å²) in [5.74, 6) is 0.491. The number of hydrogen-bond donors (Lipinski definition) is 0. The molecular weight excluding hydrogens is 348 g/mol. The lowest BCUT2D eigenvalue weighted by molar-refractivity contribution is -0.144. The van der Waals surface area contributed by atoms with Crippen LogP contribution in [-0.4, -0.2) is 29.1 Å². The number of nitrogens with zero attached hydrogens (tertiary/aromatic N) is 2. The average molecular weight is 366 g/mol. The minimum Gasteiger partial charge on any atom is -0.496 e. The van der Waals surface area contributed by atoms with Crippen LogP contribution in [0.1, 0.15) is 28.7 Å². The molecule has 0 aliphatic rings. The van der Waals surface area contributed by atoms with Gasteiger partial charge in [-0.15, -0.1) is 10.2 Å². The molecule has 0 spiro atoms. The lowest BCUT2D eigenvalue weighted by Gasteiger charge is -2.09. The summed E-state index contributed by atoms with van der Waals surface area (Å²) in [5, 5.41) is 7.82. The molecule has 7 nitrogen and oxygen atoms in total. The Balaban J connectivity index is 1.63. The largest absolute Gasteiger partial charge is 0.496 e. The van der Waals surface area contributed by atoms with Gasteiger partial charge in [-0.2, -0.15) is 0 Å². The highest BCUT2D eigenvalue weighted by molar-refractivity contribution is 5.94. The highest BCUT2D eigenvalue weighted by Crippen LogP contribution is 2.22. The van der Waals surface area contributed by atoms with Gasteiger partial charge in [0.25, 0.3) is 5.89 Å². The molecule has 1 aromatic heterocycles. The zero-order valence-corrected chi connectivity index (χ0v) is 15.0. The van der Waals surface area contributed by atoms with Gasteiger partial charge in [-0.05, 0) is 37.3 Å². The van der Waals surface area contributed by atoms with E-state index in [1.807, 2.05) is 30.3 Å². The van der Waals surface area contributed by atoms with E-state index in [4.69, 9.17) is 13.9 Å². The highest BCUT2D eigenvalue weighted by atomic mass is 16.5. The Morgan fingerprint density at radius 1 is 1.07 bits per heavy atom. The second-order valence-electron chi connectivity index (χ2n) is 5.79. The number of carbonyl (C=O) groups is 2. The van der Waals surface area contributed by atoms with Gasteiger partial charge in [0, 0.05) is 16.7 Å². The maximum absolute atomic E-state index is 12.2. The highest BCUT2D eigenvalue weighted by Gasteiger charge is 2.14. The van der Waals surface area contributed by atoms with Crippen LogP contribution in [0.2, 0.25) is 0 Å². The molecule has 0 fully saturated rings. The maximum Gasteiger partial charge on any atom is 0.310 e. The molecule has 7 heteroatoms. The van der Waals surface area contributed by atoms with Crippen LogP contribution >= 0.6 is 0 Å². The van der Waals surface area contributed by atoms with Gasteiger partial charge in [-0.1, -0.05) is 18.2 Å². The number of Topliss-reactive ketones (excluding diaryl/α,β-unsaturated/α-hetero) is 1. The van der Waals surface area contributed by atoms with Gasteiger partial charge >= 0.3 is 5.97 Å². The number of esters is 1. The van der Waals surface area contributed by atoms with Crippen LogP contribution < -0.4 is 4.74 Å². The molecule has 0 amide bonds.